The lowest BCUT2D eigenvalue weighted by Crippen LogP contribution is -2.47. The normalized spacial score (nSPS) is 14.8. The summed E-state index contributed by atoms with van der Waals surface area (Å²) in [5, 5.41) is 2.54. The Kier molecular flexibility index (Phi) is 4.70. The third-order valence-corrected chi connectivity index (χ3v) is 3.29. The number of carbonyl (C=O) groups excluding carboxylic acids is 2. The zero-order valence-corrected chi connectivity index (χ0v) is 11.5. The standard InChI is InChI=1S/C14H19N3O3/c1-20-9-11(15)14(19)16-8-13(18)17-7-6-10-4-2-3-5-12(10)17/h2-5,11H,6-9,15H2,1H3,(H,16,19). The Hall–Kier alpha value is -1.92. The number of benzene rings is 1. The van der Waals surface area contributed by atoms with Crippen molar-refractivity contribution < 1.29 is 14.3 Å². The number of hydrogen-bond acceptors (Lipinski definition) is 4. The van der Waals surface area contributed by atoms with Crippen LogP contribution in [-0.2, 0) is 20.7 Å². The number of ether oxygens (including phenoxy) is 1. The molecule has 3 N–H and O–H groups in total. The molecule has 1 aliphatic rings. The van der Waals surface area contributed by atoms with Crippen LogP contribution in [0.15, 0.2) is 24.3 Å². The molecule has 6 heteroatoms. The fourth-order valence-electron chi connectivity index (χ4n) is 2.24. The van der Waals surface area contributed by atoms with E-state index in [4.69, 9.17) is 10.5 Å². The molecule has 20 heavy (non-hydrogen) atoms. The van der Waals surface area contributed by atoms with Crippen molar-refractivity contribution in [1.29, 1.82) is 0 Å². The van der Waals surface area contributed by atoms with E-state index >= 15 is 0 Å². The highest BCUT2D eigenvalue weighted by Gasteiger charge is 2.24. The molecule has 1 aromatic rings. The van der Waals surface area contributed by atoms with Gasteiger partial charge in [-0.1, -0.05) is 18.2 Å². The maximum Gasteiger partial charge on any atom is 0.246 e. The fourth-order valence-corrected chi connectivity index (χ4v) is 2.24. The minimum absolute atomic E-state index is 0.0510. The average molecular weight is 277 g/mol. The van der Waals surface area contributed by atoms with E-state index in [0.717, 1.165) is 17.7 Å². The molecule has 1 atom stereocenters. The van der Waals surface area contributed by atoms with Crippen molar-refractivity contribution in [2.45, 2.75) is 12.5 Å². The molecule has 6 nitrogen and oxygen atoms in total. The van der Waals surface area contributed by atoms with Gasteiger partial charge in [-0.2, -0.15) is 0 Å². The molecule has 0 radical (unpaired) electrons. The second-order valence-electron chi connectivity index (χ2n) is 4.70. The largest absolute Gasteiger partial charge is 0.383 e. The summed E-state index contributed by atoms with van der Waals surface area (Å²) in [5.74, 6) is -0.513. The first kappa shape index (κ1) is 14.5. The predicted molar refractivity (Wildman–Crippen MR) is 75.4 cm³/mol. The quantitative estimate of drug-likeness (QED) is 0.771. The molecule has 0 fully saturated rings. The molecule has 1 aromatic carbocycles. The fraction of sp³-hybridized carbons (Fsp3) is 0.429. The van der Waals surface area contributed by atoms with Gasteiger partial charge in [0, 0.05) is 19.3 Å². The van der Waals surface area contributed by atoms with Gasteiger partial charge in [0.2, 0.25) is 11.8 Å². The van der Waals surface area contributed by atoms with Crippen molar-refractivity contribution in [3.05, 3.63) is 29.8 Å². The van der Waals surface area contributed by atoms with Gasteiger partial charge in [-0.05, 0) is 18.1 Å². The van der Waals surface area contributed by atoms with Crippen molar-refractivity contribution in [2.75, 3.05) is 31.7 Å². The number of rotatable bonds is 5. The van der Waals surface area contributed by atoms with Gasteiger partial charge < -0.3 is 20.7 Å². The Morgan fingerprint density at radius 3 is 2.95 bits per heavy atom. The summed E-state index contributed by atoms with van der Waals surface area (Å²) in [6, 6.07) is 7.03. The molecule has 0 aliphatic carbocycles. The molecular formula is C14H19N3O3. The van der Waals surface area contributed by atoms with E-state index in [0.29, 0.717) is 6.54 Å². The number of fused-ring (bicyclic) bond motifs is 1. The van der Waals surface area contributed by atoms with Gasteiger partial charge in [0.25, 0.3) is 0 Å². The predicted octanol–water partition coefficient (Wildman–Crippen LogP) is -0.334. The van der Waals surface area contributed by atoms with Crippen LogP contribution in [0.3, 0.4) is 0 Å². The highest BCUT2D eigenvalue weighted by molar-refractivity contribution is 5.98. The number of carbonyl (C=O) groups is 2. The van der Waals surface area contributed by atoms with E-state index in [2.05, 4.69) is 5.32 Å². The molecule has 0 aromatic heterocycles. The lowest BCUT2D eigenvalue weighted by Gasteiger charge is -2.18. The molecule has 1 heterocycles. The molecule has 0 bridgehead atoms. The lowest BCUT2D eigenvalue weighted by atomic mass is 10.2. The van der Waals surface area contributed by atoms with Crippen LogP contribution in [0.4, 0.5) is 5.69 Å². The second kappa shape index (κ2) is 6.49. The maximum absolute atomic E-state index is 12.1. The molecule has 1 unspecified atom stereocenters. The van der Waals surface area contributed by atoms with E-state index in [-0.39, 0.29) is 25.0 Å². The Balaban J connectivity index is 1.89. The Bertz CT molecular complexity index is 504. The summed E-state index contributed by atoms with van der Waals surface area (Å²) in [5.41, 5.74) is 7.66. The topological polar surface area (TPSA) is 84.7 Å². The molecule has 108 valence electrons. The molecule has 0 saturated heterocycles. The number of anilines is 1. The number of methoxy groups -OCH3 is 1. The van der Waals surface area contributed by atoms with Crippen LogP contribution in [0, 0.1) is 0 Å². The van der Waals surface area contributed by atoms with Crippen LogP contribution in [0.5, 0.6) is 0 Å². The molecule has 2 rings (SSSR count). The van der Waals surface area contributed by atoms with E-state index in [9.17, 15) is 9.59 Å². The highest BCUT2D eigenvalue weighted by atomic mass is 16.5. The Labute approximate surface area is 117 Å². The van der Waals surface area contributed by atoms with Gasteiger partial charge in [0.05, 0.1) is 13.2 Å². The first-order valence-corrected chi connectivity index (χ1v) is 6.54. The molecule has 2 amide bonds. The number of nitrogens with two attached hydrogens (primary N) is 1. The number of hydrogen-bond donors (Lipinski definition) is 2. The summed E-state index contributed by atoms with van der Waals surface area (Å²) in [6.45, 7) is 0.731. The van der Waals surface area contributed by atoms with Crippen molar-refractivity contribution in [3.63, 3.8) is 0 Å². The first-order valence-electron chi connectivity index (χ1n) is 6.54. The van der Waals surface area contributed by atoms with Gasteiger partial charge in [-0.25, -0.2) is 0 Å². The third kappa shape index (κ3) is 3.15. The summed E-state index contributed by atoms with van der Waals surface area (Å²) in [4.78, 5) is 25.4. The van der Waals surface area contributed by atoms with Gasteiger partial charge >= 0.3 is 0 Å². The van der Waals surface area contributed by atoms with E-state index in [1.807, 2.05) is 24.3 Å². The van der Waals surface area contributed by atoms with Crippen molar-refractivity contribution in [2.24, 2.45) is 5.73 Å². The van der Waals surface area contributed by atoms with Gasteiger partial charge in [0.15, 0.2) is 0 Å². The number of para-hydroxylation sites is 1. The molecular weight excluding hydrogens is 258 g/mol. The number of amides is 2. The van der Waals surface area contributed by atoms with Gasteiger partial charge in [0.1, 0.15) is 6.04 Å². The van der Waals surface area contributed by atoms with E-state index in [1.54, 1.807) is 4.90 Å². The van der Waals surface area contributed by atoms with E-state index in [1.165, 1.54) is 7.11 Å². The van der Waals surface area contributed by atoms with Crippen LogP contribution in [-0.4, -0.2) is 44.7 Å². The van der Waals surface area contributed by atoms with Gasteiger partial charge in [-0.3, -0.25) is 9.59 Å². The first-order chi connectivity index (χ1) is 9.63. The lowest BCUT2D eigenvalue weighted by molar-refractivity contribution is -0.126. The van der Waals surface area contributed by atoms with Crippen LogP contribution in [0.25, 0.3) is 0 Å². The minimum atomic E-state index is -0.751. The minimum Gasteiger partial charge on any atom is -0.383 e. The van der Waals surface area contributed by atoms with Crippen LogP contribution in [0.1, 0.15) is 5.56 Å². The summed E-state index contributed by atoms with van der Waals surface area (Å²) in [7, 11) is 1.47. The molecule has 1 aliphatic heterocycles. The van der Waals surface area contributed by atoms with Crippen molar-refractivity contribution in [1.82, 2.24) is 5.32 Å². The summed E-state index contributed by atoms with van der Waals surface area (Å²) in [6.07, 6.45) is 0.846. The monoisotopic (exact) mass is 277 g/mol. The zero-order chi connectivity index (χ0) is 14.5. The summed E-state index contributed by atoms with van der Waals surface area (Å²) < 4.78 is 4.80. The van der Waals surface area contributed by atoms with E-state index < -0.39 is 6.04 Å². The van der Waals surface area contributed by atoms with Gasteiger partial charge in [-0.15, -0.1) is 0 Å². The number of nitrogens with one attached hydrogen (secondary N) is 1. The van der Waals surface area contributed by atoms with Crippen LogP contribution >= 0.6 is 0 Å². The number of nitrogens with zero attached hydrogens (tertiary/aromatic N) is 1. The van der Waals surface area contributed by atoms with Crippen molar-refractivity contribution in [3.8, 4) is 0 Å². The highest BCUT2D eigenvalue weighted by Crippen LogP contribution is 2.27. The van der Waals surface area contributed by atoms with Crippen LogP contribution < -0.4 is 16.0 Å². The Morgan fingerprint density at radius 1 is 1.45 bits per heavy atom. The van der Waals surface area contributed by atoms with Crippen LogP contribution in [0.2, 0.25) is 0 Å². The third-order valence-electron chi connectivity index (χ3n) is 3.29. The molecule has 0 spiro atoms. The SMILES string of the molecule is COCC(N)C(=O)NCC(=O)N1CCc2ccccc21. The average Bonchev–Trinajstić information content (AvgIpc) is 2.88. The summed E-state index contributed by atoms with van der Waals surface area (Å²) >= 11 is 0. The second-order valence-corrected chi connectivity index (χ2v) is 4.70. The molecule has 0 saturated carbocycles. The Morgan fingerprint density at radius 2 is 2.20 bits per heavy atom. The van der Waals surface area contributed by atoms with Crippen molar-refractivity contribution >= 4 is 17.5 Å². The smallest absolute Gasteiger partial charge is 0.246 e. The maximum atomic E-state index is 12.1. The zero-order valence-electron chi connectivity index (χ0n) is 11.5.